The number of ether oxygens (including phenoxy) is 2. The fourth-order valence-electron chi connectivity index (χ4n) is 2.85. The van der Waals surface area contributed by atoms with Gasteiger partial charge in [-0.2, -0.15) is 0 Å². The number of amides is 2. The topological polar surface area (TPSA) is 114 Å². The van der Waals surface area contributed by atoms with Gasteiger partial charge in [-0.15, -0.1) is 0 Å². The third-order valence-corrected chi connectivity index (χ3v) is 5.70. The number of nitrogens with zero attached hydrogens (tertiary/aromatic N) is 1. The van der Waals surface area contributed by atoms with Crippen LogP contribution >= 0.6 is 0 Å². The first-order valence-electron chi connectivity index (χ1n) is 10.00. The highest BCUT2D eigenvalue weighted by atomic mass is 32.2. The van der Waals surface area contributed by atoms with Crippen LogP contribution in [-0.4, -0.2) is 63.5 Å². The van der Waals surface area contributed by atoms with Crippen molar-refractivity contribution >= 4 is 21.8 Å². The number of benzene rings is 1. The molecule has 1 aromatic carbocycles. The zero-order chi connectivity index (χ0) is 22.4. The molecule has 0 bridgehead atoms. The van der Waals surface area contributed by atoms with Crippen LogP contribution in [-0.2, 0) is 19.6 Å². The second-order valence-corrected chi connectivity index (χ2v) is 9.78. The highest BCUT2D eigenvalue weighted by molar-refractivity contribution is 7.89. The van der Waals surface area contributed by atoms with Crippen molar-refractivity contribution in [3.63, 3.8) is 0 Å². The van der Waals surface area contributed by atoms with Gasteiger partial charge in [-0.1, -0.05) is 0 Å². The number of fused-ring (bicyclic) bond motifs is 1. The molecule has 1 heterocycles. The molecule has 0 spiro atoms. The van der Waals surface area contributed by atoms with E-state index in [2.05, 4.69) is 10.0 Å². The summed E-state index contributed by atoms with van der Waals surface area (Å²) in [6.45, 7) is 8.52. The van der Waals surface area contributed by atoms with E-state index >= 15 is 0 Å². The van der Waals surface area contributed by atoms with E-state index in [1.165, 1.54) is 17.0 Å². The lowest BCUT2D eigenvalue weighted by Gasteiger charge is -2.25. The molecule has 1 aliphatic rings. The molecule has 0 saturated heterocycles. The van der Waals surface area contributed by atoms with E-state index in [1.54, 1.807) is 13.0 Å². The number of sulfonamides is 1. The predicted molar refractivity (Wildman–Crippen MR) is 112 cm³/mol. The van der Waals surface area contributed by atoms with Gasteiger partial charge in [-0.25, -0.2) is 13.1 Å². The number of rotatable bonds is 8. The van der Waals surface area contributed by atoms with E-state index in [0.29, 0.717) is 31.3 Å². The Bertz CT molecular complexity index is 864. The van der Waals surface area contributed by atoms with Crippen molar-refractivity contribution in [2.24, 2.45) is 0 Å². The van der Waals surface area contributed by atoms with Crippen LogP contribution in [0, 0.1) is 0 Å². The summed E-state index contributed by atoms with van der Waals surface area (Å²) in [4.78, 5) is 25.9. The lowest BCUT2D eigenvalue weighted by atomic mass is 10.1. The van der Waals surface area contributed by atoms with Gasteiger partial charge in [0.2, 0.25) is 21.8 Å². The monoisotopic (exact) mass is 441 g/mol. The van der Waals surface area contributed by atoms with Gasteiger partial charge in [-0.3, -0.25) is 9.59 Å². The highest BCUT2D eigenvalue weighted by Gasteiger charge is 2.21. The molecule has 0 aromatic heterocycles. The van der Waals surface area contributed by atoms with Crippen molar-refractivity contribution in [3.8, 4) is 11.5 Å². The first-order valence-corrected chi connectivity index (χ1v) is 11.5. The zero-order valence-corrected chi connectivity index (χ0v) is 18.8. The maximum absolute atomic E-state index is 12.6. The Hall–Kier alpha value is -2.33. The number of carbonyl (C=O) groups is 2. The van der Waals surface area contributed by atoms with E-state index in [4.69, 9.17) is 9.47 Å². The molecule has 0 saturated carbocycles. The van der Waals surface area contributed by atoms with E-state index in [0.717, 1.165) is 6.42 Å². The Morgan fingerprint density at radius 1 is 1.13 bits per heavy atom. The fraction of sp³-hybridized carbons (Fsp3) is 0.600. The molecule has 1 aliphatic heterocycles. The first kappa shape index (κ1) is 23.9. The second-order valence-electron chi connectivity index (χ2n) is 8.01. The van der Waals surface area contributed by atoms with Crippen molar-refractivity contribution in [1.29, 1.82) is 0 Å². The molecule has 1 aromatic rings. The lowest BCUT2D eigenvalue weighted by molar-refractivity contribution is -0.136. The summed E-state index contributed by atoms with van der Waals surface area (Å²) in [5.41, 5.74) is -0.391. The standard InChI is InChI=1S/C20H31N3O6S/c1-5-23(14-18(24)22-20(2,3)4)19(25)9-10-21-30(26,27)15-7-8-16-17(13-15)29-12-6-11-28-16/h7-8,13,21H,5-6,9-12,14H2,1-4H3,(H,22,24). The Morgan fingerprint density at radius 3 is 2.43 bits per heavy atom. The highest BCUT2D eigenvalue weighted by Crippen LogP contribution is 2.31. The molecule has 2 rings (SSSR count). The summed E-state index contributed by atoms with van der Waals surface area (Å²) in [6.07, 6.45) is 0.666. The molecule has 30 heavy (non-hydrogen) atoms. The van der Waals surface area contributed by atoms with Crippen LogP contribution in [0.25, 0.3) is 0 Å². The third-order valence-electron chi connectivity index (χ3n) is 4.24. The molecule has 9 nitrogen and oxygen atoms in total. The second kappa shape index (κ2) is 10.1. The number of hydrogen-bond donors (Lipinski definition) is 2. The van der Waals surface area contributed by atoms with Crippen LogP contribution in [0.15, 0.2) is 23.1 Å². The number of likely N-dealkylation sites (N-methyl/N-ethyl adjacent to an activating group) is 1. The van der Waals surface area contributed by atoms with Crippen molar-refractivity contribution in [2.45, 2.75) is 51.0 Å². The number of nitrogens with one attached hydrogen (secondary N) is 2. The Kier molecular flexibility index (Phi) is 8.08. The predicted octanol–water partition coefficient (Wildman–Crippen LogP) is 1.28. The lowest BCUT2D eigenvalue weighted by Crippen LogP contribution is -2.47. The molecule has 0 atom stereocenters. The Labute approximate surface area is 178 Å². The Morgan fingerprint density at radius 2 is 1.80 bits per heavy atom. The van der Waals surface area contributed by atoms with Crippen LogP contribution in [0.4, 0.5) is 0 Å². The van der Waals surface area contributed by atoms with Gasteiger partial charge in [0.25, 0.3) is 0 Å². The SMILES string of the molecule is CCN(CC(=O)NC(C)(C)C)C(=O)CCNS(=O)(=O)c1ccc2c(c1)OCCCO2. The summed E-state index contributed by atoms with van der Waals surface area (Å²) in [5, 5.41) is 2.80. The van der Waals surface area contributed by atoms with Gasteiger partial charge >= 0.3 is 0 Å². The molecule has 0 radical (unpaired) electrons. The van der Waals surface area contributed by atoms with Crippen molar-refractivity contribution in [2.75, 3.05) is 32.8 Å². The quantitative estimate of drug-likeness (QED) is 0.628. The summed E-state index contributed by atoms with van der Waals surface area (Å²) >= 11 is 0. The fourth-order valence-corrected chi connectivity index (χ4v) is 3.90. The van der Waals surface area contributed by atoms with Gasteiger partial charge < -0.3 is 19.7 Å². The van der Waals surface area contributed by atoms with Crippen molar-refractivity contribution < 1.29 is 27.5 Å². The molecule has 0 fully saturated rings. The molecule has 0 aliphatic carbocycles. The van der Waals surface area contributed by atoms with Gasteiger partial charge in [0.05, 0.1) is 24.7 Å². The minimum absolute atomic E-state index is 0.0381. The molecule has 2 amide bonds. The summed E-state index contributed by atoms with van der Waals surface area (Å²) < 4.78 is 38.6. The Balaban J connectivity index is 1.92. The van der Waals surface area contributed by atoms with E-state index < -0.39 is 15.6 Å². The van der Waals surface area contributed by atoms with Crippen LogP contribution in [0.2, 0.25) is 0 Å². The van der Waals surface area contributed by atoms with Gasteiger partial charge in [0, 0.05) is 37.5 Å². The minimum Gasteiger partial charge on any atom is -0.490 e. The minimum atomic E-state index is -3.82. The summed E-state index contributed by atoms with van der Waals surface area (Å²) in [6, 6.07) is 4.42. The van der Waals surface area contributed by atoms with Crippen LogP contribution in [0.3, 0.4) is 0 Å². The largest absolute Gasteiger partial charge is 0.490 e. The molecular formula is C20H31N3O6S. The van der Waals surface area contributed by atoms with E-state index in [-0.39, 0.29) is 36.2 Å². The average Bonchev–Trinajstić information content (AvgIpc) is 2.89. The van der Waals surface area contributed by atoms with Crippen molar-refractivity contribution in [1.82, 2.24) is 14.9 Å². The summed E-state index contributed by atoms with van der Waals surface area (Å²) in [7, 11) is -3.82. The normalized spacial score (nSPS) is 14.0. The zero-order valence-electron chi connectivity index (χ0n) is 18.0. The van der Waals surface area contributed by atoms with Gasteiger partial charge in [0.1, 0.15) is 0 Å². The van der Waals surface area contributed by atoms with Crippen LogP contribution < -0.4 is 19.5 Å². The number of carbonyl (C=O) groups excluding carboxylic acids is 2. The van der Waals surface area contributed by atoms with Gasteiger partial charge in [0.15, 0.2) is 11.5 Å². The molecule has 0 unspecified atom stereocenters. The first-order chi connectivity index (χ1) is 14.0. The smallest absolute Gasteiger partial charge is 0.240 e. The number of hydrogen-bond acceptors (Lipinski definition) is 6. The van der Waals surface area contributed by atoms with Crippen LogP contribution in [0.5, 0.6) is 11.5 Å². The maximum Gasteiger partial charge on any atom is 0.240 e. The molecule has 10 heteroatoms. The molecule has 2 N–H and O–H groups in total. The summed E-state index contributed by atoms with van der Waals surface area (Å²) in [5.74, 6) is 0.329. The van der Waals surface area contributed by atoms with Crippen LogP contribution in [0.1, 0.15) is 40.5 Å². The van der Waals surface area contributed by atoms with Gasteiger partial charge in [-0.05, 0) is 39.8 Å². The van der Waals surface area contributed by atoms with Crippen molar-refractivity contribution in [3.05, 3.63) is 18.2 Å². The van der Waals surface area contributed by atoms with E-state index in [9.17, 15) is 18.0 Å². The van der Waals surface area contributed by atoms with E-state index in [1.807, 2.05) is 20.8 Å². The molecular weight excluding hydrogens is 410 g/mol. The third kappa shape index (κ3) is 7.17. The maximum atomic E-state index is 12.6. The average molecular weight is 442 g/mol. The molecule has 168 valence electrons.